The lowest BCUT2D eigenvalue weighted by atomic mass is 9.74. The van der Waals surface area contributed by atoms with Crippen molar-refractivity contribution in [3.63, 3.8) is 0 Å². The van der Waals surface area contributed by atoms with Gasteiger partial charge in [-0.05, 0) is 44.3 Å². The predicted molar refractivity (Wildman–Crippen MR) is 57.7 cm³/mol. The maximum absolute atomic E-state index is 6.20. The van der Waals surface area contributed by atoms with Crippen LogP contribution >= 0.6 is 0 Å². The zero-order valence-corrected chi connectivity index (χ0v) is 9.51. The molecule has 2 nitrogen and oxygen atoms in total. The lowest BCUT2D eigenvalue weighted by Crippen LogP contribution is -2.38. The van der Waals surface area contributed by atoms with Gasteiger partial charge in [0, 0.05) is 6.04 Å². The van der Waals surface area contributed by atoms with Gasteiger partial charge in [-0.3, -0.25) is 0 Å². The number of hydrogen-bond donors (Lipinski definition) is 1. The quantitative estimate of drug-likeness (QED) is 0.621. The van der Waals surface area contributed by atoms with Gasteiger partial charge in [-0.2, -0.15) is 0 Å². The Morgan fingerprint density at radius 2 is 1.69 bits per heavy atom. The second kappa shape index (κ2) is 3.97. The molecule has 1 aliphatic rings. The largest absolute Gasteiger partial charge is 0.327 e. The highest BCUT2D eigenvalue weighted by Crippen LogP contribution is 2.33. The molecule has 0 aromatic carbocycles. The minimum atomic E-state index is 0.366. The Bertz CT molecular complexity index is 160. The van der Waals surface area contributed by atoms with Crippen LogP contribution in [0.5, 0.6) is 0 Å². The first-order chi connectivity index (χ1) is 5.91. The second-order valence-corrected chi connectivity index (χ2v) is 5.52. The van der Waals surface area contributed by atoms with Gasteiger partial charge in [0.15, 0.2) is 0 Å². The van der Waals surface area contributed by atoms with Crippen LogP contribution in [0.4, 0.5) is 0 Å². The van der Waals surface area contributed by atoms with Gasteiger partial charge in [0.2, 0.25) is 0 Å². The molecule has 0 aromatic heterocycles. The van der Waals surface area contributed by atoms with Gasteiger partial charge in [0.05, 0.1) is 0 Å². The van der Waals surface area contributed by atoms with E-state index < -0.39 is 0 Å². The van der Waals surface area contributed by atoms with Crippen LogP contribution in [0.3, 0.4) is 0 Å². The van der Waals surface area contributed by atoms with Crippen molar-refractivity contribution in [1.29, 1.82) is 0 Å². The summed E-state index contributed by atoms with van der Waals surface area (Å²) in [5, 5.41) is 0. The highest BCUT2D eigenvalue weighted by Gasteiger charge is 2.31. The highest BCUT2D eigenvalue weighted by molar-refractivity contribution is 4.86. The number of rotatable bonds is 0. The molecule has 2 unspecified atom stereocenters. The van der Waals surface area contributed by atoms with Gasteiger partial charge < -0.3 is 10.6 Å². The summed E-state index contributed by atoms with van der Waals surface area (Å²) in [6.07, 6.45) is 2.40. The van der Waals surface area contributed by atoms with E-state index in [4.69, 9.17) is 5.73 Å². The molecular weight excluding hydrogens is 160 g/mol. The maximum atomic E-state index is 6.20. The summed E-state index contributed by atoms with van der Waals surface area (Å²) < 4.78 is 0. The van der Waals surface area contributed by atoms with Crippen molar-refractivity contribution in [2.45, 2.75) is 39.7 Å². The van der Waals surface area contributed by atoms with Crippen LogP contribution in [-0.2, 0) is 0 Å². The first-order valence-corrected chi connectivity index (χ1v) is 5.35. The number of hydrogen-bond acceptors (Lipinski definition) is 2. The fourth-order valence-corrected chi connectivity index (χ4v) is 2.33. The molecule has 2 atom stereocenters. The van der Waals surface area contributed by atoms with Crippen LogP contribution in [0.25, 0.3) is 0 Å². The van der Waals surface area contributed by atoms with E-state index in [1.54, 1.807) is 0 Å². The molecule has 1 fully saturated rings. The van der Waals surface area contributed by atoms with E-state index in [9.17, 15) is 0 Å². The minimum Gasteiger partial charge on any atom is -0.327 e. The highest BCUT2D eigenvalue weighted by atomic mass is 15.1. The standard InChI is InChI=1S/C11H24N2/c1-11(2,3)9-5-7-13(4)8-6-10(9)12/h9-10H,5-8,12H2,1-4H3. The van der Waals surface area contributed by atoms with Crippen LogP contribution in [0.15, 0.2) is 0 Å². The number of nitrogens with two attached hydrogens (primary N) is 1. The van der Waals surface area contributed by atoms with Crippen LogP contribution in [-0.4, -0.2) is 31.1 Å². The fourth-order valence-electron chi connectivity index (χ4n) is 2.33. The average molecular weight is 184 g/mol. The van der Waals surface area contributed by atoms with Gasteiger partial charge in [0.25, 0.3) is 0 Å². The summed E-state index contributed by atoms with van der Waals surface area (Å²) in [5.41, 5.74) is 6.57. The molecule has 1 saturated heterocycles. The average Bonchev–Trinajstić information content (AvgIpc) is 2.12. The normalized spacial score (nSPS) is 33.0. The topological polar surface area (TPSA) is 29.3 Å². The molecule has 0 saturated carbocycles. The molecule has 0 amide bonds. The number of nitrogens with zero attached hydrogens (tertiary/aromatic N) is 1. The Hall–Kier alpha value is -0.0800. The summed E-state index contributed by atoms with van der Waals surface area (Å²) in [7, 11) is 2.19. The van der Waals surface area contributed by atoms with E-state index in [0.29, 0.717) is 17.4 Å². The maximum Gasteiger partial charge on any atom is 0.00848 e. The Labute approximate surface area is 82.5 Å². The lowest BCUT2D eigenvalue weighted by Gasteiger charge is -2.33. The van der Waals surface area contributed by atoms with Gasteiger partial charge in [-0.15, -0.1) is 0 Å². The third-order valence-corrected chi connectivity index (χ3v) is 3.30. The van der Waals surface area contributed by atoms with E-state index in [2.05, 4.69) is 32.7 Å². The molecule has 1 heterocycles. The van der Waals surface area contributed by atoms with Gasteiger partial charge in [0.1, 0.15) is 0 Å². The Kier molecular flexibility index (Phi) is 3.36. The van der Waals surface area contributed by atoms with Crippen molar-refractivity contribution < 1.29 is 0 Å². The zero-order chi connectivity index (χ0) is 10.1. The van der Waals surface area contributed by atoms with Crippen LogP contribution < -0.4 is 5.73 Å². The third kappa shape index (κ3) is 2.96. The Balaban J connectivity index is 2.62. The summed E-state index contributed by atoms with van der Waals surface area (Å²) in [6, 6.07) is 0.393. The molecule has 0 aliphatic carbocycles. The fraction of sp³-hybridized carbons (Fsp3) is 1.00. The molecule has 1 aliphatic heterocycles. The first kappa shape index (κ1) is 11.0. The van der Waals surface area contributed by atoms with Crippen LogP contribution in [0.2, 0.25) is 0 Å². The van der Waals surface area contributed by atoms with E-state index in [1.165, 1.54) is 13.0 Å². The van der Waals surface area contributed by atoms with Crippen LogP contribution in [0.1, 0.15) is 33.6 Å². The predicted octanol–water partition coefficient (Wildman–Crippen LogP) is 1.70. The van der Waals surface area contributed by atoms with E-state index >= 15 is 0 Å². The van der Waals surface area contributed by atoms with E-state index in [1.807, 2.05) is 0 Å². The molecule has 1 rings (SSSR count). The first-order valence-electron chi connectivity index (χ1n) is 5.35. The van der Waals surface area contributed by atoms with Crippen LogP contribution in [0, 0.1) is 11.3 Å². The van der Waals surface area contributed by atoms with Gasteiger partial charge in [-0.1, -0.05) is 20.8 Å². The van der Waals surface area contributed by atoms with Gasteiger partial charge in [-0.25, -0.2) is 0 Å². The molecule has 78 valence electrons. The molecule has 0 spiro atoms. The van der Waals surface area contributed by atoms with Crippen molar-refractivity contribution in [2.24, 2.45) is 17.1 Å². The zero-order valence-electron chi connectivity index (χ0n) is 9.51. The molecular formula is C11H24N2. The summed E-state index contributed by atoms with van der Waals surface area (Å²) >= 11 is 0. The van der Waals surface area contributed by atoms with Crippen molar-refractivity contribution in [3.05, 3.63) is 0 Å². The monoisotopic (exact) mass is 184 g/mol. The van der Waals surface area contributed by atoms with Crippen molar-refractivity contribution >= 4 is 0 Å². The lowest BCUT2D eigenvalue weighted by molar-refractivity contribution is 0.191. The van der Waals surface area contributed by atoms with Crippen molar-refractivity contribution in [1.82, 2.24) is 4.90 Å². The Morgan fingerprint density at radius 3 is 2.23 bits per heavy atom. The SMILES string of the molecule is CN1CCC(N)C(C(C)(C)C)CC1. The number of likely N-dealkylation sites (tertiary alicyclic amines) is 1. The minimum absolute atomic E-state index is 0.366. The van der Waals surface area contributed by atoms with Crippen molar-refractivity contribution in [2.75, 3.05) is 20.1 Å². The molecule has 0 bridgehead atoms. The summed E-state index contributed by atoms with van der Waals surface area (Å²) in [4.78, 5) is 2.39. The third-order valence-electron chi connectivity index (χ3n) is 3.30. The Morgan fingerprint density at radius 1 is 1.15 bits per heavy atom. The molecule has 0 aromatic rings. The summed E-state index contributed by atoms with van der Waals surface area (Å²) in [6.45, 7) is 9.29. The van der Waals surface area contributed by atoms with Crippen molar-refractivity contribution in [3.8, 4) is 0 Å². The van der Waals surface area contributed by atoms with Gasteiger partial charge >= 0.3 is 0 Å². The molecule has 0 radical (unpaired) electrons. The molecule has 2 N–H and O–H groups in total. The molecule has 13 heavy (non-hydrogen) atoms. The summed E-state index contributed by atoms with van der Waals surface area (Å²) in [5.74, 6) is 0.678. The van der Waals surface area contributed by atoms with E-state index in [0.717, 1.165) is 13.0 Å². The molecule has 2 heteroatoms. The smallest absolute Gasteiger partial charge is 0.00848 e. The second-order valence-electron chi connectivity index (χ2n) is 5.52. The van der Waals surface area contributed by atoms with E-state index in [-0.39, 0.29) is 0 Å².